The Hall–Kier alpha value is -0.430. The van der Waals surface area contributed by atoms with Crippen LogP contribution in [0.5, 0.6) is 0 Å². The smallest absolute Gasteiger partial charge is 0.302 e. The van der Waals surface area contributed by atoms with Gasteiger partial charge in [-0.3, -0.25) is 4.90 Å². The fraction of sp³-hybridized carbons (Fsp3) is 1.00. The summed E-state index contributed by atoms with van der Waals surface area (Å²) in [5, 5.41) is 0. The molecule has 4 unspecified atom stereocenters. The van der Waals surface area contributed by atoms with Gasteiger partial charge in [-0.1, -0.05) is 0 Å². The van der Waals surface area contributed by atoms with Gasteiger partial charge in [-0.25, -0.2) is 8.78 Å². The fourth-order valence-corrected chi connectivity index (χ4v) is 3.72. The van der Waals surface area contributed by atoms with Crippen molar-refractivity contribution in [3.05, 3.63) is 0 Å². The van der Waals surface area contributed by atoms with E-state index in [0.29, 0.717) is 26.2 Å². The second-order valence-corrected chi connectivity index (χ2v) is 6.20. The van der Waals surface area contributed by atoms with Crippen LogP contribution in [0, 0.1) is 17.8 Å². The summed E-state index contributed by atoms with van der Waals surface area (Å²) in [4.78, 5) is 3.24. The summed E-state index contributed by atoms with van der Waals surface area (Å²) in [6.07, 6.45) is -4.11. The van der Waals surface area contributed by atoms with Crippen LogP contribution in [0.1, 0.15) is 6.42 Å². The van der Waals surface area contributed by atoms with Gasteiger partial charge in [0, 0.05) is 38.0 Å². The van der Waals surface area contributed by atoms with E-state index in [9.17, 15) is 22.0 Å². The maximum atomic E-state index is 13.0. The molecule has 0 N–H and O–H groups in total. The van der Waals surface area contributed by atoms with Gasteiger partial charge in [0.1, 0.15) is 6.04 Å². The monoisotopic (exact) mass is 284 g/mol. The van der Waals surface area contributed by atoms with Gasteiger partial charge in [0.25, 0.3) is 5.92 Å². The highest BCUT2D eigenvalue weighted by Gasteiger charge is 2.71. The van der Waals surface area contributed by atoms with E-state index in [0.717, 1.165) is 0 Å². The van der Waals surface area contributed by atoms with Crippen LogP contribution in [-0.2, 0) is 0 Å². The predicted octanol–water partition coefficient (Wildman–Crippen LogP) is 2.07. The highest BCUT2D eigenvalue weighted by Crippen LogP contribution is 2.59. The Morgan fingerprint density at radius 3 is 2.16 bits per heavy atom. The van der Waals surface area contributed by atoms with E-state index in [1.807, 2.05) is 4.90 Å². The molecule has 0 spiro atoms. The van der Waals surface area contributed by atoms with Crippen molar-refractivity contribution >= 4 is 0 Å². The Morgan fingerprint density at radius 1 is 1.11 bits per heavy atom. The highest BCUT2D eigenvalue weighted by atomic mass is 19.4. The third-order valence-corrected chi connectivity index (χ3v) is 4.80. The Morgan fingerprint density at radius 2 is 1.68 bits per heavy atom. The standard InChI is InChI=1S/C12H17F5N2/c1-18-3-7(2-10(18)12(15,16)17)4-19-5-8-9(6-19)11(8,13)14/h7-10H,2-6H2,1H3. The summed E-state index contributed by atoms with van der Waals surface area (Å²) < 4.78 is 64.2. The second kappa shape index (κ2) is 4.04. The SMILES string of the molecule is CN1CC(CN2CC3C(C2)C3(F)F)CC1C(F)(F)F. The molecule has 0 aromatic rings. The maximum Gasteiger partial charge on any atom is 0.404 e. The molecule has 0 bridgehead atoms. The second-order valence-electron chi connectivity index (χ2n) is 6.20. The van der Waals surface area contributed by atoms with Crippen LogP contribution < -0.4 is 0 Å². The van der Waals surface area contributed by atoms with Crippen molar-refractivity contribution in [2.24, 2.45) is 17.8 Å². The number of hydrogen-bond donors (Lipinski definition) is 0. The molecule has 110 valence electrons. The molecule has 1 aliphatic carbocycles. The zero-order chi connectivity index (χ0) is 14.0. The van der Waals surface area contributed by atoms with Gasteiger partial charge >= 0.3 is 6.18 Å². The van der Waals surface area contributed by atoms with E-state index < -0.39 is 30.0 Å². The number of alkyl halides is 5. The molecule has 0 aromatic carbocycles. The first kappa shape index (κ1) is 13.5. The number of rotatable bonds is 2. The zero-order valence-corrected chi connectivity index (χ0v) is 10.6. The van der Waals surface area contributed by atoms with Crippen LogP contribution >= 0.6 is 0 Å². The Balaban J connectivity index is 1.51. The van der Waals surface area contributed by atoms with Crippen molar-refractivity contribution in [3.8, 4) is 0 Å². The number of halogens is 5. The molecule has 2 nitrogen and oxygen atoms in total. The van der Waals surface area contributed by atoms with Crippen LogP contribution in [0.25, 0.3) is 0 Å². The van der Waals surface area contributed by atoms with Crippen LogP contribution in [0.4, 0.5) is 22.0 Å². The van der Waals surface area contributed by atoms with Gasteiger partial charge in [0.15, 0.2) is 0 Å². The predicted molar refractivity (Wildman–Crippen MR) is 58.9 cm³/mol. The topological polar surface area (TPSA) is 6.48 Å². The van der Waals surface area contributed by atoms with Crippen LogP contribution in [0.3, 0.4) is 0 Å². The molecule has 4 atom stereocenters. The van der Waals surface area contributed by atoms with Gasteiger partial charge in [-0.05, 0) is 19.4 Å². The minimum absolute atomic E-state index is 0.0669. The van der Waals surface area contributed by atoms with E-state index in [-0.39, 0.29) is 12.3 Å². The van der Waals surface area contributed by atoms with Crippen molar-refractivity contribution in [2.45, 2.75) is 24.6 Å². The third kappa shape index (κ3) is 2.24. The molecule has 0 aromatic heterocycles. The lowest BCUT2D eigenvalue weighted by Gasteiger charge is -2.22. The van der Waals surface area contributed by atoms with E-state index in [1.165, 1.54) is 11.9 Å². The van der Waals surface area contributed by atoms with Gasteiger partial charge in [-0.2, -0.15) is 13.2 Å². The van der Waals surface area contributed by atoms with E-state index in [1.54, 1.807) is 0 Å². The van der Waals surface area contributed by atoms with Crippen molar-refractivity contribution in [2.75, 3.05) is 33.2 Å². The first-order valence-electron chi connectivity index (χ1n) is 6.56. The van der Waals surface area contributed by atoms with Crippen LogP contribution in [0.15, 0.2) is 0 Å². The van der Waals surface area contributed by atoms with E-state index >= 15 is 0 Å². The lowest BCUT2D eigenvalue weighted by Crippen LogP contribution is -2.38. The van der Waals surface area contributed by atoms with E-state index in [2.05, 4.69) is 0 Å². The molecule has 3 aliphatic rings. The van der Waals surface area contributed by atoms with Crippen LogP contribution in [0.2, 0.25) is 0 Å². The molecule has 2 saturated heterocycles. The molecule has 2 aliphatic heterocycles. The lowest BCUT2D eigenvalue weighted by atomic mass is 10.0. The van der Waals surface area contributed by atoms with Gasteiger partial charge < -0.3 is 4.90 Å². The molecule has 2 heterocycles. The molecular weight excluding hydrogens is 267 g/mol. The average Bonchev–Trinajstić information content (AvgIpc) is 2.70. The Labute approximate surface area is 108 Å². The number of likely N-dealkylation sites (tertiary alicyclic amines) is 2. The number of piperidine rings is 1. The van der Waals surface area contributed by atoms with Gasteiger partial charge in [0.2, 0.25) is 0 Å². The largest absolute Gasteiger partial charge is 0.404 e. The van der Waals surface area contributed by atoms with Gasteiger partial charge in [-0.15, -0.1) is 0 Å². The van der Waals surface area contributed by atoms with Crippen molar-refractivity contribution in [3.63, 3.8) is 0 Å². The molecular formula is C12H17F5N2. The lowest BCUT2D eigenvalue weighted by molar-refractivity contribution is -0.172. The minimum Gasteiger partial charge on any atom is -0.302 e. The number of hydrogen-bond acceptors (Lipinski definition) is 2. The number of nitrogens with zero attached hydrogens (tertiary/aromatic N) is 2. The number of fused-ring (bicyclic) bond motifs is 1. The fourth-order valence-electron chi connectivity index (χ4n) is 3.72. The molecule has 3 fully saturated rings. The highest BCUT2D eigenvalue weighted by molar-refractivity contribution is 5.12. The van der Waals surface area contributed by atoms with Crippen molar-refractivity contribution in [1.82, 2.24) is 9.80 Å². The van der Waals surface area contributed by atoms with Crippen molar-refractivity contribution in [1.29, 1.82) is 0 Å². The first-order valence-corrected chi connectivity index (χ1v) is 6.56. The summed E-state index contributed by atoms with van der Waals surface area (Å²) in [6.45, 7) is 1.59. The summed E-state index contributed by atoms with van der Waals surface area (Å²) in [5.74, 6) is -3.69. The Kier molecular flexibility index (Phi) is 2.88. The quantitative estimate of drug-likeness (QED) is 0.716. The summed E-state index contributed by atoms with van der Waals surface area (Å²) in [5.41, 5.74) is 0. The summed E-state index contributed by atoms with van der Waals surface area (Å²) in [7, 11) is 1.48. The molecule has 19 heavy (non-hydrogen) atoms. The molecule has 7 heteroatoms. The molecule has 1 saturated carbocycles. The average molecular weight is 284 g/mol. The minimum atomic E-state index is -4.19. The first-order chi connectivity index (χ1) is 8.69. The van der Waals surface area contributed by atoms with Gasteiger partial charge in [0.05, 0.1) is 0 Å². The van der Waals surface area contributed by atoms with E-state index in [4.69, 9.17) is 0 Å². The van der Waals surface area contributed by atoms with Crippen molar-refractivity contribution < 1.29 is 22.0 Å². The molecule has 0 radical (unpaired) electrons. The normalized spacial score (nSPS) is 42.6. The summed E-state index contributed by atoms with van der Waals surface area (Å²) >= 11 is 0. The zero-order valence-electron chi connectivity index (χ0n) is 10.6. The van der Waals surface area contributed by atoms with Crippen LogP contribution in [-0.4, -0.2) is 61.2 Å². The maximum absolute atomic E-state index is 13.0. The molecule has 3 rings (SSSR count). The Bertz CT molecular complexity index is 356. The summed E-state index contributed by atoms with van der Waals surface area (Å²) in [6, 6.07) is -1.38. The molecule has 0 amide bonds. The third-order valence-electron chi connectivity index (χ3n) is 4.80.